The number of aryl methyl sites for hydroxylation is 1. The Kier molecular flexibility index (Phi) is 16.1. The summed E-state index contributed by atoms with van der Waals surface area (Å²) in [5, 5.41) is 35.8. The molecular formula is C42H41F2N5O7. The number of halogens is 2. The third kappa shape index (κ3) is 12.5. The first-order chi connectivity index (χ1) is 27.0. The van der Waals surface area contributed by atoms with E-state index in [-0.39, 0.29) is 73.1 Å². The van der Waals surface area contributed by atoms with Crippen molar-refractivity contribution >= 4 is 34.7 Å². The number of aliphatic hydroxyl groups excluding tert-OH is 1. The first-order valence-electron chi connectivity index (χ1n) is 18.0. The Morgan fingerprint density at radius 2 is 1.52 bits per heavy atom. The van der Waals surface area contributed by atoms with E-state index < -0.39 is 54.0 Å². The SMILES string of the molecule is CC(=O)N[C@@H](Cc1ccccc1)C(=O)N[C@@H](Cc1cc(C#CCCCC#N)c2oc(CCCC#N)c(C(=O)OCc3cc(F)cc(F)c3)c2c1)C(=O)NCCO. The summed E-state index contributed by atoms with van der Waals surface area (Å²) in [4.78, 5) is 53.1. The van der Waals surface area contributed by atoms with Crippen molar-refractivity contribution in [3.05, 3.63) is 106 Å². The minimum absolute atomic E-state index is 0.0110. The minimum Gasteiger partial charge on any atom is -0.459 e. The Morgan fingerprint density at radius 1 is 0.839 bits per heavy atom. The van der Waals surface area contributed by atoms with E-state index >= 15 is 0 Å². The molecule has 0 spiro atoms. The number of unbranched alkanes of at least 4 members (excludes halogenated alkanes) is 3. The molecule has 3 amide bonds. The Morgan fingerprint density at radius 3 is 2.20 bits per heavy atom. The van der Waals surface area contributed by atoms with E-state index in [2.05, 4.69) is 39.9 Å². The summed E-state index contributed by atoms with van der Waals surface area (Å²) in [6.07, 6.45) is 1.76. The average Bonchev–Trinajstić information content (AvgIpc) is 3.53. The number of nitrogens with one attached hydrogen (secondary N) is 3. The molecule has 0 radical (unpaired) electrons. The van der Waals surface area contributed by atoms with Crippen molar-refractivity contribution in [2.45, 2.75) is 77.0 Å². The monoisotopic (exact) mass is 765 g/mol. The Labute approximate surface area is 322 Å². The summed E-state index contributed by atoms with van der Waals surface area (Å²) in [5.74, 6) is 1.91. The van der Waals surface area contributed by atoms with Gasteiger partial charge in [0.05, 0.1) is 24.3 Å². The highest BCUT2D eigenvalue weighted by Gasteiger charge is 2.29. The lowest BCUT2D eigenvalue weighted by Crippen LogP contribution is -2.55. The predicted molar refractivity (Wildman–Crippen MR) is 200 cm³/mol. The molecule has 1 aromatic heterocycles. The number of carbonyl (C=O) groups excluding carboxylic acids is 4. The first kappa shape index (κ1) is 42.2. The number of furan rings is 1. The topological polar surface area (TPSA) is 195 Å². The van der Waals surface area contributed by atoms with Crippen LogP contribution in [0, 0.1) is 46.1 Å². The van der Waals surface area contributed by atoms with Crippen molar-refractivity contribution in [1.29, 1.82) is 10.5 Å². The van der Waals surface area contributed by atoms with Gasteiger partial charge in [0.2, 0.25) is 17.7 Å². The van der Waals surface area contributed by atoms with Gasteiger partial charge < -0.3 is 30.2 Å². The lowest BCUT2D eigenvalue weighted by molar-refractivity contribution is -0.131. The first-order valence-corrected chi connectivity index (χ1v) is 18.0. The number of esters is 1. The molecule has 0 saturated carbocycles. The number of hydrogen-bond donors (Lipinski definition) is 4. The number of benzene rings is 3. The van der Waals surface area contributed by atoms with Crippen LogP contribution in [0.25, 0.3) is 11.0 Å². The van der Waals surface area contributed by atoms with Crippen molar-refractivity contribution in [3.8, 4) is 24.0 Å². The quantitative estimate of drug-likeness (QED) is 0.0623. The van der Waals surface area contributed by atoms with Crippen LogP contribution in [0.4, 0.5) is 8.78 Å². The molecule has 4 rings (SSSR count). The third-order valence-corrected chi connectivity index (χ3v) is 8.38. The number of rotatable bonds is 18. The van der Waals surface area contributed by atoms with Crippen LogP contribution in [0.1, 0.15) is 77.4 Å². The maximum atomic E-state index is 13.9. The Bertz CT molecular complexity index is 2160. The van der Waals surface area contributed by atoms with E-state index in [1.165, 1.54) is 6.92 Å². The number of nitriles is 2. The van der Waals surface area contributed by atoms with Gasteiger partial charge in [-0.25, -0.2) is 13.6 Å². The number of carbonyl (C=O) groups is 4. The highest BCUT2D eigenvalue weighted by molar-refractivity contribution is 6.06. The molecule has 0 aliphatic carbocycles. The molecule has 0 unspecified atom stereocenters. The number of fused-ring (bicyclic) bond motifs is 1. The maximum Gasteiger partial charge on any atom is 0.342 e. The van der Waals surface area contributed by atoms with Gasteiger partial charge >= 0.3 is 5.97 Å². The molecule has 1 heterocycles. The van der Waals surface area contributed by atoms with Crippen LogP contribution in [0.15, 0.2) is 65.1 Å². The molecule has 3 aromatic carbocycles. The predicted octanol–water partition coefficient (Wildman–Crippen LogP) is 4.84. The van der Waals surface area contributed by atoms with E-state index in [0.717, 1.165) is 17.7 Å². The molecule has 4 aromatic rings. The zero-order valence-corrected chi connectivity index (χ0v) is 30.8. The van der Waals surface area contributed by atoms with Crippen LogP contribution in [-0.2, 0) is 45.0 Å². The highest BCUT2D eigenvalue weighted by atomic mass is 19.1. The molecule has 14 heteroatoms. The van der Waals surface area contributed by atoms with Crippen LogP contribution in [-0.4, -0.2) is 54.0 Å². The average molecular weight is 766 g/mol. The highest BCUT2D eigenvalue weighted by Crippen LogP contribution is 2.32. The van der Waals surface area contributed by atoms with Crippen molar-refractivity contribution < 1.29 is 42.2 Å². The molecule has 2 atom stereocenters. The Hall–Kier alpha value is -6.56. The maximum absolute atomic E-state index is 13.9. The molecule has 0 bridgehead atoms. The lowest BCUT2D eigenvalue weighted by atomic mass is 9.97. The van der Waals surface area contributed by atoms with E-state index in [1.54, 1.807) is 36.4 Å². The molecule has 0 fully saturated rings. The summed E-state index contributed by atoms with van der Waals surface area (Å²) in [5.41, 5.74) is 1.77. The van der Waals surface area contributed by atoms with Crippen molar-refractivity contribution in [3.63, 3.8) is 0 Å². The zero-order valence-electron chi connectivity index (χ0n) is 30.8. The molecule has 4 N–H and O–H groups in total. The standard InChI is InChI=1S/C42H41F2N5O7/c1-27(51)48-36(23-28-11-5-4-6-12-28)41(53)49-35(40(52)47-17-18-50)24-29-19-31(13-7-2-3-9-15-45)39-34(22-29)38(37(56-39)14-8-10-16-46)42(54)55-26-30-20-32(43)25-33(44)21-30/h4-6,11-12,19-22,25,35-36,50H,2-3,8-10,14,17-18,23-24,26H2,1H3,(H,47,52)(H,48,51)(H,49,53)/t35-,36-/m0/s1. The van der Waals surface area contributed by atoms with E-state index in [1.807, 2.05) is 6.07 Å². The second-order valence-corrected chi connectivity index (χ2v) is 12.8. The second kappa shape index (κ2) is 21.4. The van der Waals surface area contributed by atoms with Crippen molar-refractivity contribution in [2.75, 3.05) is 13.2 Å². The van der Waals surface area contributed by atoms with Gasteiger partial charge in [0, 0.05) is 63.4 Å². The van der Waals surface area contributed by atoms with Gasteiger partial charge in [0.1, 0.15) is 41.6 Å². The van der Waals surface area contributed by atoms with Gasteiger partial charge in [0.25, 0.3) is 0 Å². The van der Waals surface area contributed by atoms with E-state index in [9.17, 15) is 38.3 Å². The molecule has 12 nitrogen and oxygen atoms in total. The fourth-order valence-corrected chi connectivity index (χ4v) is 5.90. The summed E-state index contributed by atoms with van der Waals surface area (Å²) in [7, 11) is 0. The van der Waals surface area contributed by atoms with E-state index in [0.29, 0.717) is 36.5 Å². The second-order valence-electron chi connectivity index (χ2n) is 12.8. The molecule has 290 valence electrons. The van der Waals surface area contributed by atoms with Crippen LogP contribution in [0.2, 0.25) is 0 Å². The molecule has 0 aliphatic heterocycles. The van der Waals surface area contributed by atoms with Gasteiger partial charge in [-0.05, 0) is 53.8 Å². The van der Waals surface area contributed by atoms with Gasteiger partial charge in [-0.15, -0.1) is 0 Å². The number of hydrogen-bond acceptors (Lipinski definition) is 9. The van der Waals surface area contributed by atoms with Gasteiger partial charge in [-0.3, -0.25) is 14.4 Å². The Balaban J connectivity index is 1.79. The summed E-state index contributed by atoms with van der Waals surface area (Å²) >= 11 is 0. The van der Waals surface area contributed by atoms with Gasteiger partial charge in [-0.1, -0.05) is 42.2 Å². The fraction of sp³-hybridized carbons (Fsp3) is 0.333. The molecular weight excluding hydrogens is 724 g/mol. The van der Waals surface area contributed by atoms with Gasteiger partial charge in [-0.2, -0.15) is 10.5 Å². The summed E-state index contributed by atoms with van der Waals surface area (Å²) < 4.78 is 39.5. The number of aliphatic hydroxyl groups is 1. The van der Waals surface area contributed by atoms with Crippen LogP contribution in [0.3, 0.4) is 0 Å². The van der Waals surface area contributed by atoms with Crippen LogP contribution >= 0.6 is 0 Å². The number of ether oxygens (including phenoxy) is 1. The lowest BCUT2D eigenvalue weighted by Gasteiger charge is -2.23. The van der Waals surface area contributed by atoms with Gasteiger partial charge in [0.15, 0.2) is 5.58 Å². The number of nitrogens with zero attached hydrogens (tertiary/aromatic N) is 2. The number of amides is 3. The summed E-state index contributed by atoms with van der Waals surface area (Å²) in [6, 6.07) is 16.8. The largest absolute Gasteiger partial charge is 0.459 e. The fourth-order valence-electron chi connectivity index (χ4n) is 5.90. The minimum atomic E-state index is -1.24. The van der Waals surface area contributed by atoms with E-state index in [4.69, 9.17) is 14.4 Å². The van der Waals surface area contributed by atoms with Crippen molar-refractivity contribution in [1.82, 2.24) is 16.0 Å². The van der Waals surface area contributed by atoms with Crippen molar-refractivity contribution in [2.24, 2.45) is 0 Å². The smallest absolute Gasteiger partial charge is 0.342 e. The zero-order chi connectivity index (χ0) is 40.5. The molecule has 56 heavy (non-hydrogen) atoms. The van der Waals surface area contributed by atoms with Crippen LogP contribution in [0.5, 0.6) is 0 Å². The molecule has 0 aliphatic rings. The summed E-state index contributed by atoms with van der Waals surface area (Å²) in [6.45, 7) is 0.319. The third-order valence-electron chi connectivity index (χ3n) is 8.38. The normalized spacial score (nSPS) is 11.6. The van der Waals surface area contributed by atoms with Crippen LogP contribution < -0.4 is 16.0 Å². The molecule has 0 saturated heterocycles.